The number of halogens is 9. The summed E-state index contributed by atoms with van der Waals surface area (Å²) < 4.78 is 21.2. The smallest absolute Gasteiger partial charge is 0.407 e. The van der Waals surface area contributed by atoms with Crippen LogP contribution in [-0.2, 0) is 18.9 Å². The molecule has 4 unspecified atom stereocenters. The van der Waals surface area contributed by atoms with Crippen molar-refractivity contribution in [1.82, 2.24) is 61.1 Å². The summed E-state index contributed by atoms with van der Waals surface area (Å²) in [5.74, 6) is 1.58. The van der Waals surface area contributed by atoms with Gasteiger partial charge in [-0.25, -0.2) is 44.1 Å². The minimum absolute atomic E-state index is 0.0518. The van der Waals surface area contributed by atoms with Crippen molar-refractivity contribution in [3.05, 3.63) is 71.2 Å². The number of carbonyl (C=O) groups is 4. The van der Waals surface area contributed by atoms with Gasteiger partial charge in [0.15, 0.2) is 5.15 Å². The third-order valence-corrected chi connectivity index (χ3v) is 16.7. The average Bonchev–Trinajstić information content (AvgIpc) is 1.87. The summed E-state index contributed by atoms with van der Waals surface area (Å²) in [6, 6.07) is 0.986. The van der Waals surface area contributed by atoms with Crippen molar-refractivity contribution in [2.45, 2.75) is 282 Å². The van der Waals surface area contributed by atoms with Gasteiger partial charge in [0.25, 0.3) is 0 Å². The van der Waals surface area contributed by atoms with Crippen LogP contribution in [0.3, 0.4) is 0 Å². The molecular weight excluding hydrogens is 1440 g/mol. The highest BCUT2D eigenvalue weighted by atomic mass is 35.5. The minimum Gasteiger partial charge on any atom is -0.444 e. The van der Waals surface area contributed by atoms with Crippen LogP contribution < -0.4 is 43.0 Å². The number of rotatable bonds is 10. The summed E-state index contributed by atoms with van der Waals surface area (Å²) in [5, 5.41) is 24.1. The molecule has 8 atom stereocenters. The number of carbonyl (C=O) groups excluding carboxylic acids is 4. The van der Waals surface area contributed by atoms with E-state index >= 15 is 0 Å². The van der Waals surface area contributed by atoms with E-state index in [0.717, 1.165) is 128 Å². The SMILES string of the molecule is CC(C)(C)OC(=O)NC1CCCCC(N)C1.CC(C)(C)OC(=O)NC1CCCCC(Nc2nc(Cl)ncc2Cl)C1.CC(C)(C)OC(=O)N[C@@H]1CCCC[C@H](Nc2nc(Cl)ncc2Cl)C1.CC(C)(C)OC(=O)N[C@H]1CCCC[C@@H](Nc2nc(Cl)ncc2Cl)C1.Clc1ncc(Cl)c(Cl)n1. The molecule has 9 N–H and O–H groups in total. The number of nitrogens with one attached hydrogen (secondary N) is 7. The Kier molecular flexibility index (Phi) is 36.1. The molecule has 0 spiro atoms. The van der Waals surface area contributed by atoms with E-state index in [1.807, 2.05) is 83.1 Å². The summed E-state index contributed by atoms with van der Waals surface area (Å²) in [5.41, 5.74) is 4.00. The van der Waals surface area contributed by atoms with E-state index in [0.29, 0.717) is 37.5 Å². The Morgan fingerprint density at radius 2 is 0.577 bits per heavy atom. The van der Waals surface area contributed by atoms with Crippen molar-refractivity contribution in [3.8, 4) is 0 Å². The molecule has 0 radical (unpaired) electrons. The van der Waals surface area contributed by atoms with Gasteiger partial charge in [-0.3, -0.25) is 0 Å². The number of ether oxygens (including phenoxy) is 4. The van der Waals surface area contributed by atoms with Crippen LogP contribution in [0.5, 0.6) is 0 Å². The monoisotopic (exact) mass is 1530 g/mol. The van der Waals surface area contributed by atoms with E-state index in [9.17, 15) is 19.2 Å². The van der Waals surface area contributed by atoms with E-state index in [1.165, 1.54) is 24.8 Å². The van der Waals surface area contributed by atoms with E-state index in [-0.39, 0.29) is 99.0 Å². The molecule has 4 aliphatic rings. The molecule has 24 nitrogen and oxygen atoms in total. The van der Waals surface area contributed by atoms with Crippen LogP contribution in [0.15, 0.2) is 24.8 Å². The Morgan fingerprint density at radius 3 is 0.825 bits per heavy atom. The first-order chi connectivity index (χ1) is 45.2. The fourth-order valence-corrected chi connectivity index (χ4v) is 11.8. The maximum atomic E-state index is 12.0. The van der Waals surface area contributed by atoms with Gasteiger partial charge in [0.2, 0.25) is 21.1 Å². The van der Waals surface area contributed by atoms with Crippen molar-refractivity contribution < 1.29 is 38.1 Å². The summed E-state index contributed by atoms with van der Waals surface area (Å²) in [4.78, 5) is 78.6. The quantitative estimate of drug-likeness (QED) is 0.0316. The van der Waals surface area contributed by atoms with Gasteiger partial charge in [-0.05, 0) is 207 Å². The Balaban J connectivity index is 0.000000265. The molecule has 4 saturated carbocycles. The third kappa shape index (κ3) is 37.6. The predicted molar refractivity (Wildman–Crippen MR) is 388 cm³/mol. The third-order valence-electron chi connectivity index (χ3n) is 14.5. The highest BCUT2D eigenvalue weighted by Gasteiger charge is 2.29. The summed E-state index contributed by atoms with van der Waals surface area (Å²) in [7, 11) is 0. The number of anilines is 3. The van der Waals surface area contributed by atoms with E-state index in [1.54, 1.807) is 0 Å². The lowest BCUT2D eigenvalue weighted by atomic mass is 10.1. The van der Waals surface area contributed by atoms with Gasteiger partial charge < -0.3 is 61.9 Å². The predicted octanol–water partition coefficient (Wildman–Crippen LogP) is 17.9. The zero-order chi connectivity index (χ0) is 72.3. The minimum atomic E-state index is -0.502. The largest absolute Gasteiger partial charge is 0.444 e. The number of hydrogen-bond acceptors (Lipinski definition) is 20. The molecule has 4 aliphatic carbocycles. The summed E-state index contributed by atoms with van der Waals surface area (Å²) in [6.07, 6.45) is 23.9. The first-order valence-electron chi connectivity index (χ1n) is 32.7. The molecule has 4 aromatic rings. The van der Waals surface area contributed by atoms with Crippen LogP contribution in [0, 0.1) is 0 Å². The molecule has 33 heteroatoms. The van der Waals surface area contributed by atoms with Gasteiger partial charge in [-0.1, -0.05) is 109 Å². The van der Waals surface area contributed by atoms with Crippen molar-refractivity contribution in [1.29, 1.82) is 0 Å². The standard InChI is InChI=1S/3C16H24Cl2N4O2.C12H24N2O2.C4HCl3N2/c3*1-16(2,3)24-15(23)21-11-7-5-4-6-10(8-11)20-13-12(17)9-19-14(18)22-13;1-12(2,3)16-11(15)14-10-7-5-4-6-9(13)8-10;5-2-1-8-4(7)9-3(2)6/h3*9-11H,4-8H2,1-3H3,(H,21,23)(H,19,20,22);9-10H,4-8,13H2,1-3H3,(H,14,15);1H/t2*10-,11+;;;/m10.../s1. The lowest BCUT2D eigenvalue weighted by Gasteiger charge is -2.25. The van der Waals surface area contributed by atoms with Gasteiger partial charge in [-0.2, -0.15) is 15.0 Å². The maximum absolute atomic E-state index is 12.0. The number of aromatic nitrogens is 8. The number of hydrogen-bond donors (Lipinski definition) is 8. The molecule has 8 rings (SSSR count). The van der Waals surface area contributed by atoms with Gasteiger partial charge in [0.05, 0.1) is 29.8 Å². The Hall–Kier alpha value is -4.63. The van der Waals surface area contributed by atoms with Crippen molar-refractivity contribution in [2.75, 3.05) is 16.0 Å². The molecule has 0 bridgehead atoms. The average molecular weight is 1540 g/mol. The molecule has 4 amide bonds. The van der Waals surface area contributed by atoms with Crippen LogP contribution in [0.2, 0.25) is 46.4 Å². The van der Waals surface area contributed by atoms with Crippen molar-refractivity contribution in [3.63, 3.8) is 0 Å². The maximum Gasteiger partial charge on any atom is 0.407 e. The van der Waals surface area contributed by atoms with Gasteiger partial charge >= 0.3 is 24.4 Å². The van der Waals surface area contributed by atoms with Crippen molar-refractivity contribution in [2.24, 2.45) is 5.73 Å². The second-order valence-corrected chi connectivity index (χ2v) is 31.4. The van der Waals surface area contributed by atoms with Gasteiger partial charge in [0, 0.05) is 48.3 Å². The Bertz CT molecular complexity index is 2870. The normalized spacial score (nSPS) is 21.5. The Labute approximate surface area is 616 Å². The molecule has 0 aliphatic heterocycles. The fourth-order valence-electron chi connectivity index (χ4n) is 10.5. The zero-order valence-corrected chi connectivity index (χ0v) is 64.2. The highest BCUT2D eigenvalue weighted by Crippen LogP contribution is 2.30. The van der Waals surface area contributed by atoms with E-state index < -0.39 is 22.4 Å². The van der Waals surface area contributed by atoms with Gasteiger partial charge in [-0.15, -0.1) is 0 Å². The molecule has 0 aromatic carbocycles. The molecule has 97 heavy (non-hydrogen) atoms. The lowest BCUT2D eigenvalue weighted by Crippen LogP contribution is -2.41. The van der Waals surface area contributed by atoms with Crippen LogP contribution in [0.25, 0.3) is 0 Å². The van der Waals surface area contributed by atoms with Crippen molar-refractivity contribution >= 4 is 146 Å². The Morgan fingerprint density at radius 1 is 0.351 bits per heavy atom. The number of amides is 4. The molecule has 0 saturated heterocycles. The van der Waals surface area contributed by atoms with E-state index in [2.05, 4.69) is 77.1 Å². The summed E-state index contributed by atoms with van der Waals surface area (Å²) >= 11 is 52.1. The molecular formula is C64H97Cl9N16O8. The first kappa shape index (κ1) is 84.8. The second kappa shape index (κ2) is 41.3. The van der Waals surface area contributed by atoms with Gasteiger partial charge in [0.1, 0.15) is 54.9 Å². The summed E-state index contributed by atoms with van der Waals surface area (Å²) in [6.45, 7) is 22.3. The number of nitrogens with two attached hydrogens (primary N) is 1. The molecule has 544 valence electrons. The fraction of sp³-hybridized carbons (Fsp3) is 0.688. The lowest BCUT2D eigenvalue weighted by molar-refractivity contribution is 0.0487. The topological polar surface area (TPSA) is 319 Å². The zero-order valence-electron chi connectivity index (χ0n) is 57.4. The van der Waals surface area contributed by atoms with Crippen LogP contribution in [0.1, 0.15) is 212 Å². The highest BCUT2D eigenvalue weighted by molar-refractivity contribution is 6.41. The van der Waals surface area contributed by atoms with Crippen LogP contribution in [-0.4, -0.2) is 135 Å². The van der Waals surface area contributed by atoms with E-state index in [4.69, 9.17) is 129 Å². The molecule has 4 aromatic heterocycles. The van der Waals surface area contributed by atoms with Crippen LogP contribution in [0.4, 0.5) is 36.6 Å². The van der Waals surface area contributed by atoms with Crippen LogP contribution >= 0.6 is 104 Å². The second-order valence-electron chi connectivity index (χ2n) is 28.0. The number of nitrogens with zero attached hydrogens (tertiary/aromatic N) is 8. The first-order valence-corrected chi connectivity index (χ1v) is 36.1. The molecule has 4 fully saturated rings. The molecule has 4 heterocycles. The number of alkyl carbamates (subject to hydrolysis) is 4.